The fourth-order valence-electron chi connectivity index (χ4n) is 2.41. The zero-order chi connectivity index (χ0) is 19.9. The van der Waals surface area contributed by atoms with E-state index < -0.39 is 11.7 Å². The zero-order valence-corrected chi connectivity index (χ0v) is 16.9. The Labute approximate surface area is 162 Å². The normalized spacial score (nSPS) is 11.3. The van der Waals surface area contributed by atoms with E-state index in [0.29, 0.717) is 13.2 Å². The van der Waals surface area contributed by atoms with E-state index in [0.717, 1.165) is 29.0 Å². The highest BCUT2D eigenvalue weighted by molar-refractivity contribution is 5.68. The van der Waals surface area contributed by atoms with Gasteiger partial charge in [0.1, 0.15) is 18.0 Å². The molecule has 0 atom stereocenters. The monoisotopic (exact) mass is 370 g/mol. The molecule has 0 aliphatic rings. The lowest BCUT2D eigenvalue weighted by atomic mass is 10.0. The third kappa shape index (κ3) is 7.71. The zero-order valence-electron chi connectivity index (χ0n) is 16.9. The first-order chi connectivity index (χ1) is 12.7. The molecule has 1 N–H and O–H groups in total. The van der Waals surface area contributed by atoms with Gasteiger partial charge < -0.3 is 19.7 Å². The number of hydrogen-bond acceptors (Lipinski definition) is 4. The van der Waals surface area contributed by atoms with Crippen molar-refractivity contribution in [1.82, 2.24) is 10.2 Å². The second kappa shape index (κ2) is 9.42. The Morgan fingerprint density at radius 2 is 1.74 bits per heavy atom. The predicted octanol–water partition coefficient (Wildman–Crippen LogP) is 4.32. The van der Waals surface area contributed by atoms with Gasteiger partial charge in [0.05, 0.1) is 0 Å². The van der Waals surface area contributed by atoms with Crippen molar-refractivity contribution >= 4 is 6.09 Å². The number of ether oxygens (including phenoxy) is 2. The molecule has 0 spiro atoms. The maximum absolute atomic E-state index is 11.7. The molecule has 27 heavy (non-hydrogen) atoms. The number of rotatable bonds is 7. The van der Waals surface area contributed by atoms with Crippen LogP contribution in [0.2, 0.25) is 0 Å². The molecule has 0 heterocycles. The second-order valence-corrected chi connectivity index (χ2v) is 7.73. The van der Waals surface area contributed by atoms with Crippen LogP contribution in [0.5, 0.6) is 5.75 Å². The van der Waals surface area contributed by atoms with Gasteiger partial charge in [0.15, 0.2) is 0 Å². The quantitative estimate of drug-likeness (QED) is 0.789. The number of alkyl carbamates (subject to hydrolysis) is 1. The number of amides is 1. The molecule has 0 unspecified atom stereocenters. The molecule has 2 aromatic rings. The Balaban J connectivity index is 1.94. The van der Waals surface area contributed by atoms with Gasteiger partial charge in [-0.3, -0.25) is 0 Å². The van der Waals surface area contributed by atoms with Crippen LogP contribution >= 0.6 is 0 Å². The summed E-state index contributed by atoms with van der Waals surface area (Å²) in [5.74, 6) is 0.866. The molecule has 1 amide bonds. The lowest BCUT2D eigenvalue weighted by Crippen LogP contribution is -2.32. The van der Waals surface area contributed by atoms with Gasteiger partial charge in [-0.2, -0.15) is 0 Å². The number of benzene rings is 2. The number of carbonyl (C=O) groups excluding carboxylic acids is 1. The van der Waals surface area contributed by atoms with Crippen molar-refractivity contribution in [2.45, 2.75) is 32.9 Å². The van der Waals surface area contributed by atoms with E-state index >= 15 is 0 Å². The summed E-state index contributed by atoms with van der Waals surface area (Å²) in [6.45, 7) is 7.51. The molecule has 0 saturated carbocycles. The van der Waals surface area contributed by atoms with Gasteiger partial charge in [0.25, 0.3) is 0 Å². The van der Waals surface area contributed by atoms with Crippen molar-refractivity contribution in [3.8, 4) is 16.9 Å². The molecule has 0 aromatic heterocycles. The summed E-state index contributed by atoms with van der Waals surface area (Å²) in [6, 6.07) is 16.2. The smallest absolute Gasteiger partial charge is 0.407 e. The first-order valence-corrected chi connectivity index (χ1v) is 9.17. The Morgan fingerprint density at radius 1 is 1.04 bits per heavy atom. The lowest BCUT2D eigenvalue weighted by Gasteiger charge is -2.19. The molecule has 5 nitrogen and oxygen atoms in total. The predicted molar refractivity (Wildman–Crippen MR) is 109 cm³/mol. The lowest BCUT2D eigenvalue weighted by molar-refractivity contribution is 0.0523. The highest BCUT2D eigenvalue weighted by Gasteiger charge is 2.15. The van der Waals surface area contributed by atoms with E-state index in [2.05, 4.69) is 16.3 Å². The van der Waals surface area contributed by atoms with Crippen LogP contribution in [0.3, 0.4) is 0 Å². The summed E-state index contributed by atoms with van der Waals surface area (Å²) in [5, 5.41) is 2.77. The van der Waals surface area contributed by atoms with Gasteiger partial charge in [-0.25, -0.2) is 4.79 Å². The van der Waals surface area contributed by atoms with E-state index in [9.17, 15) is 4.79 Å². The minimum absolute atomic E-state index is 0.408. The molecule has 2 rings (SSSR count). The summed E-state index contributed by atoms with van der Waals surface area (Å²) in [5.41, 5.74) is 2.73. The summed E-state index contributed by atoms with van der Waals surface area (Å²) in [6.07, 6.45) is -0.408. The average Bonchev–Trinajstić information content (AvgIpc) is 2.59. The van der Waals surface area contributed by atoms with E-state index in [1.807, 2.05) is 77.3 Å². The largest absolute Gasteiger partial charge is 0.492 e. The maximum atomic E-state index is 11.7. The van der Waals surface area contributed by atoms with Gasteiger partial charge >= 0.3 is 6.09 Å². The molecular formula is C22H30N2O3. The molecule has 5 heteroatoms. The highest BCUT2D eigenvalue weighted by atomic mass is 16.6. The van der Waals surface area contributed by atoms with Crippen molar-refractivity contribution < 1.29 is 14.3 Å². The molecule has 0 saturated heterocycles. The molecular weight excluding hydrogens is 340 g/mol. The van der Waals surface area contributed by atoms with E-state index in [4.69, 9.17) is 9.47 Å². The number of carbonyl (C=O) groups is 1. The highest BCUT2D eigenvalue weighted by Crippen LogP contribution is 2.24. The molecule has 146 valence electrons. The number of nitrogens with one attached hydrogen (secondary N) is 1. The van der Waals surface area contributed by atoms with Crippen LogP contribution in [0.1, 0.15) is 26.3 Å². The first kappa shape index (κ1) is 20.8. The third-order valence-electron chi connectivity index (χ3n) is 3.76. The minimum Gasteiger partial charge on any atom is -0.492 e. The van der Waals surface area contributed by atoms with Crippen LogP contribution in [0, 0.1) is 0 Å². The van der Waals surface area contributed by atoms with E-state index in [1.54, 1.807) is 0 Å². The van der Waals surface area contributed by atoms with E-state index in [-0.39, 0.29) is 0 Å². The van der Waals surface area contributed by atoms with Crippen LogP contribution in [-0.4, -0.2) is 43.8 Å². The van der Waals surface area contributed by atoms with Gasteiger partial charge in [0, 0.05) is 13.1 Å². The van der Waals surface area contributed by atoms with Crippen LogP contribution in [0.4, 0.5) is 4.79 Å². The molecule has 2 aromatic carbocycles. The molecule has 0 fully saturated rings. The SMILES string of the molecule is CN(C)CCOc1cccc(-c2ccc(CNC(=O)OC(C)(C)C)cc2)c1. The third-order valence-corrected chi connectivity index (χ3v) is 3.76. The van der Waals surface area contributed by atoms with Crippen LogP contribution < -0.4 is 10.1 Å². The van der Waals surface area contributed by atoms with Gasteiger partial charge in [-0.05, 0) is 63.7 Å². The summed E-state index contributed by atoms with van der Waals surface area (Å²) < 4.78 is 11.0. The Hall–Kier alpha value is -2.53. The van der Waals surface area contributed by atoms with E-state index in [1.165, 1.54) is 0 Å². The van der Waals surface area contributed by atoms with Gasteiger partial charge in [-0.1, -0.05) is 36.4 Å². The number of hydrogen-bond donors (Lipinski definition) is 1. The summed E-state index contributed by atoms with van der Waals surface area (Å²) in [4.78, 5) is 13.8. The van der Waals surface area contributed by atoms with Crippen LogP contribution in [-0.2, 0) is 11.3 Å². The van der Waals surface area contributed by atoms with Crippen LogP contribution in [0.15, 0.2) is 48.5 Å². The number of likely N-dealkylation sites (N-methyl/N-ethyl adjacent to an activating group) is 1. The fraction of sp³-hybridized carbons (Fsp3) is 0.409. The topological polar surface area (TPSA) is 50.8 Å². The fourth-order valence-corrected chi connectivity index (χ4v) is 2.41. The van der Waals surface area contributed by atoms with Crippen molar-refractivity contribution in [1.29, 1.82) is 0 Å². The standard InChI is InChI=1S/C22H30N2O3/c1-22(2,3)27-21(25)23-16-17-9-11-18(12-10-17)19-7-6-8-20(15-19)26-14-13-24(4)5/h6-12,15H,13-14,16H2,1-5H3,(H,23,25). The summed E-state index contributed by atoms with van der Waals surface area (Å²) >= 11 is 0. The van der Waals surface area contributed by atoms with Crippen molar-refractivity contribution in [3.63, 3.8) is 0 Å². The Kier molecular flexibility index (Phi) is 7.25. The average molecular weight is 370 g/mol. The molecule has 0 bridgehead atoms. The minimum atomic E-state index is -0.492. The number of nitrogens with zero attached hydrogens (tertiary/aromatic N) is 1. The van der Waals surface area contributed by atoms with Crippen molar-refractivity contribution in [3.05, 3.63) is 54.1 Å². The Bertz CT molecular complexity index is 734. The molecule has 0 aliphatic carbocycles. The Morgan fingerprint density at radius 3 is 2.37 bits per heavy atom. The molecule has 0 radical (unpaired) electrons. The van der Waals surface area contributed by atoms with Crippen LogP contribution in [0.25, 0.3) is 11.1 Å². The van der Waals surface area contributed by atoms with Gasteiger partial charge in [-0.15, -0.1) is 0 Å². The van der Waals surface area contributed by atoms with Crippen molar-refractivity contribution in [2.24, 2.45) is 0 Å². The molecule has 0 aliphatic heterocycles. The van der Waals surface area contributed by atoms with Crippen molar-refractivity contribution in [2.75, 3.05) is 27.2 Å². The summed E-state index contributed by atoms with van der Waals surface area (Å²) in [7, 11) is 4.05. The first-order valence-electron chi connectivity index (χ1n) is 9.17. The maximum Gasteiger partial charge on any atom is 0.407 e. The second-order valence-electron chi connectivity index (χ2n) is 7.73. The van der Waals surface area contributed by atoms with Gasteiger partial charge in [0.2, 0.25) is 0 Å².